The number of hydrogen-bond acceptors (Lipinski definition) is 4. The molecule has 1 heterocycles. The van der Waals surface area contributed by atoms with E-state index < -0.39 is 0 Å². The van der Waals surface area contributed by atoms with Gasteiger partial charge in [-0.3, -0.25) is 0 Å². The van der Waals surface area contributed by atoms with Crippen LogP contribution in [0, 0.1) is 0 Å². The summed E-state index contributed by atoms with van der Waals surface area (Å²) >= 11 is 7.01. The number of methoxy groups -OCH3 is 1. The Morgan fingerprint density at radius 2 is 2.00 bits per heavy atom. The van der Waals surface area contributed by atoms with E-state index in [-0.39, 0.29) is 6.04 Å². The van der Waals surface area contributed by atoms with Gasteiger partial charge in [-0.1, -0.05) is 0 Å². The summed E-state index contributed by atoms with van der Waals surface area (Å²) in [7, 11) is 3.59. The van der Waals surface area contributed by atoms with Crippen LogP contribution in [-0.4, -0.2) is 21.9 Å². The van der Waals surface area contributed by atoms with E-state index in [2.05, 4.69) is 54.3 Å². The van der Waals surface area contributed by atoms with Crippen molar-refractivity contribution in [2.24, 2.45) is 7.05 Å². The standard InChI is InChI=1S/C13H16Br2N4O/c1-8(13-18-17-7-19(13)2)16-6-9-4-10(14)12(20-3)11(15)5-9/h4-5,7-8,16H,6H2,1-3H3. The van der Waals surface area contributed by atoms with Crippen LogP contribution in [0.3, 0.4) is 0 Å². The van der Waals surface area contributed by atoms with Gasteiger partial charge in [-0.15, -0.1) is 10.2 Å². The van der Waals surface area contributed by atoms with Crippen molar-refractivity contribution in [3.63, 3.8) is 0 Å². The Morgan fingerprint density at radius 1 is 1.35 bits per heavy atom. The molecule has 1 aromatic heterocycles. The Bertz CT molecular complexity index is 577. The molecule has 20 heavy (non-hydrogen) atoms. The van der Waals surface area contributed by atoms with Gasteiger partial charge in [0.2, 0.25) is 0 Å². The first-order chi connectivity index (χ1) is 9.52. The second kappa shape index (κ2) is 6.69. The Morgan fingerprint density at radius 3 is 2.50 bits per heavy atom. The summed E-state index contributed by atoms with van der Waals surface area (Å²) in [5.41, 5.74) is 1.15. The average molecular weight is 404 g/mol. The van der Waals surface area contributed by atoms with Gasteiger partial charge in [0.15, 0.2) is 0 Å². The lowest BCUT2D eigenvalue weighted by atomic mass is 10.2. The van der Waals surface area contributed by atoms with Crippen LogP contribution in [-0.2, 0) is 13.6 Å². The molecule has 1 aromatic carbocycles. The number of nitrogens with one attached hydrogen (secondary N) is 1. The smallest absolute Gasteiger partial charge is 0.149 e. The monoisotopic (exact) mass is 402 g/mol. The molecule has 0 aliphatic carbocycles. The van der Waals surface area contributed by atoms with E-state index in [0.717, 1.165) is 32.6 Å². The normalized spacial score (nSPS) is 12.4. The Labute approximate surface area is 135 Å². The number of nitrogens with zero attached hydrogens (tertiary/aromatic N) is 3. The third-order valence-electron chi connectivity index (χ3n) is 3.01. The van der Waals surface area contributed by atoms with Crippen LogP contribution in [0.15, 0.2) is 27.4 Å². The van der Waals surface area contributed by atoms with Crippen molar-refractivity contribution in [1.29, 1.82) is 0 Å². The van der Waals surface area contributed by atoms with Gasteiger partial charge in [0.05, 0.1) is 22.1 Å². The van der Waals surface area contributed by atoms with Crippen molar-refractivity contribution >= 4 is 31.9 Å². The fourth-order valence-corrected chi connectivity index (χ4v) is 3.56. The molecule has 0 bridgehead atoms. The van der Waals surface area contributed by atoms with Crippen LogP contribution in [0.4, 0.5) is 0 Å². The van der Waals surface area contributed by atoms with Crippen molar-refractivity contribution in [2.45, 2.75) is 19.5 Å². The maximum absolute atomic E-state index is 5.30. The zero-order chi connectivity index (χ0) is 14.7. The number of aryl methyl sites for hydroxylation is 1. The van der Waals surface area contributed by atoms with Gasteiger partial charge in [-0.05, 0) is 56.5 Å². The molecule has 0 spiro atoms. The second-order valence-corrected chi connectivity index (χ2v) is 6.20. The molecule has 0 radical (unpaired) electrons. The number of ether oxygens (including phenoxy) is 1. The van der Waals surface area contributed by atoms with Crippen molar-refractivity contribution < 1.29 is 4.74 Å². The molecule has 0 amide bonds. The molecule has 7 heteroatoms. The minimum absolute atomic E-state index is 0.127. The first-order valence-electron chi connectivity index (χ1n) is 6.12. The molecule has 2 aromatic rings. The highest BCUT2D eigenvalue weighted by Gasteiger charge is 2.12. The van der Waals surface area contributed by atoms with Crippen LogP contribution in [0.25, 0.3) is 0 Å². The average Bonchev–Trinajstić information content (AvgIpc) is 2.82. The third-order valence-corrected chi connectivity index (χ3v) is 4.19. The van der Waals surface area contributed by atoms with Crippen molar-refractivity contribution in [2.75, 3.05) is 7.11 Å². The van der Waals surface area contributed by atoms with E-state index in [9.17, 15) is 0 Å². The number of rotatable bonds is 5. The predicted octanol–water partition coefficient (Wildman–Crippen LogP) is 3.20. The highest BCUT2D eigenvalue weighted by molar-refractivity contribution is 9.11. The summed E-state index contributed by atoms with van der Waals surface area (Å²) in [6.45, 7) is 2.80. The van der Waals surface area contributed by atoms with Crippen molar-refractivity contribution in [1.82, 2.24) is 20.1 Å². The van der Waals surface area contributed by atoms with Crippen LogP contribution < -0.4 is 10.1 Å². The van der Waals surface area contributed by atoms with E-state index >= 15 is 0 Å². The molecule has 0 saturated carbocycles. The maximum Gasteiger partial charge on any atom is 0.149 e. The van der Waals surface area contributed by atoms with Gasteiger partial charge in [0.1, 0.15) is 17.9 Å². The van der Waals surface area contributed by atoms with Crippen LogP contribution >= 0.6 is 31.9 Å². The van der Waals surface area contributed by atoms with E-state index in [1.807, 2.05) is 23.7 Å². The summed E-state index contributed by atoms with van der Waals surface area (Å²) in [6.07, 6.45) is 1.70. The molecule has 1 N–H and O–H groups in total. The zero-order valence-electron chi connectivity index (χ0n) is 11.5. The van der Waals surface area contributed by atoms with Crippen LogP contribution in [0.5, 0.6) is 5.75 Å². The molecule has 1 atom stereocenters. The number of halogens is 2. The quantitative estimate of drug-likeness (QED) is 0.832. The van der Waals surface area contributed by atoms with Crippen molar-refractivity contribution in [3.05, 3.63) is 38.8 Å². The fraction of sp³-hybridized carbons (Fsp3) is 0.385. The van der Waals surface area contributed by atoms with Gasteiger partial charge >= 0.3 is 0 Å². The fourth-order valence-electron chi connectivity index (χ4n) is 1.96. The largest absolute Gasteiger partial charge is 0.494 e. The molecule has 1 unspecified atom stereocenters. The third kappa shape index (κ3) is 3.39. The SMILES string of the molecule is COc1c(Br)cc(CNC(C)c2nncn2C)cc1Br. The summed E-state index contributed by atoms with van der Waals surface area (Å²) in [5, 5.41) is 11.4. The second-order valence-electron chi connectivity index (χ2n) is 4.50. The minimum Gasteiger partial charge on any atom is -0.494 e. The number of hydrogen-bond donors (Lipinski definition) is 1. The summed E-state index contributed by atoms with van der Waals surface area (Å²) in [5.74, 6) is 1.71. The lowest BCUT2D eigenvalue weighted by Crippen LogP contribution is -2.21. The van der Waals surface area contributed by atoms with Gasteiger partial charge in [-0.25, -0.2) is 0 Å². The van der Waals surface area contributed by atoms with E-state index in [1.54, 1.807) is 13.4 Å². The topological polar surface area (TPSA) is 52.0 Å². The first kappa shape index (κ1) is 15.5. The predicted molar refractivity (Wildman–Crippen MR) is 84.7 cm³/mol. The molecule has 0 saturated heterocycles. The molecule has 2 rings (SSSR count). The molecule has 108 valence electrons. The Kier molecular flexibility index (Phi) is 5.17. The highest BCUT2D eigenvalue weighted by Crippen LogP contribution is 2.34. The van der Waals surface area contributed by atoms with Gasteiger partial charge in [-0.2, -0.15) is 0 Å². The first-order valence-corrected chi connectivity index (χ1v) is 7.70. The summed E-state index contributed by atoms with van der Waals surface area (Å²) in [4.78, 5) is 0. The number of aromatic nitrogens is 3. The van der Waals surface area contributed by atoms with E-state index in [1.165, 1.54) is 0 Å². The lowest BCUT2D eigenvalue weighted by Gasteiger charge is -2.14. The van der Waals surface area contributed by atoms with Gasteiger partial charge in [0.25, 0.3) is 0 Å². The highest BCUT2D eigenvalue weighted by atomic mass is 79.9. The van der Waals surface area contributed by atoms with Crippen molar-refractivity contribution in [3.8, 4) is 5.75 Å². The molecular formula is C13H16Br2N4O. The molecule has 0 aliphatic rings. The Hall–Kier alpha value is -0.920. The zero-order valence-corrected chi connectivity index (χ0v) is 14.7. The summed E-state index contributed by atoms with van der Waals surface area (Å²) < 4.78 is 9.07. The molecule has 0 aliphatic heterocycles. The van der Waals surface area contributed by atoms with Crippen LogP contribution in [0.2, 0.25) is 0 Å². The molecular weight excluding hydrogens is 388 g/mol. The molecule has 5 nitrogen and oxygen atoms in total. The number of benzene rings is 1. The van der Waals surface area contributed by atoms with E-state index in [4.69, 9.17) is 4.74 Å². The van der Waals surface area contributed by atoms with Gasteiger partial charge in [0, 0.05) is 13.6 Å². The summed E-state index contributed by atoms with van der Waals surface area (Å²) in [6, 6.07) is 4.21. The maximum atomic E-state index is 5.30. The van der Waals surface area contributed by atoms with Gasteiger partial charge < -0.3 is 14.6 Å². The Balaban J connectivity index is 2.06. The molecule has 0 fully saturated rings. The lowest BCUT2D eigenvalue weighted by molar-refractivity contribution is 0.409. The minimum atomic E-state index is 0.127. The van der Waals surface area contributed by atoms with E-state index in [0.29, 0.717) is 0 Å². The van der Waals surface area contributed by atoms with Crippen LogP contribution in [0.1, 0.15) is 24.4 Å².